The van der Waals surface area contributed by atoms with Crippen LogP contribution in [0, 0.1) is 0 Å². The van der Waals surface area contributed by atoms with E-state index in [0.717, 1.165) is 0 Å². The number of hydrogen-bond donors (Lipinski definition) is 7. The van der Waals surface area contributed by atoms with Gasteiger partial charge in [0.2, 0.25) is 0 Å². The molecular formula is C15H24N6O. The summed E-state index contributed by atoms with van der Waals surface area (Å²) in [4.78, 5) is 0. The molecule has 0 bridgehead atoms. The Morgan fingerprint density at radius 1 is 0.591 bits per heavy atom. The van der Waals surface area contributed by atoms with Gasteiger partial charge in [0.05, 0.1) is 18.5 Å². The Labute approximate surface area is 129 Å². The molecule has 0 saturated carbocycles. The molecule has 0 aliphatic carbocycles. The molecule has 7 nitrogen and oxygen atoms in total. The highest BCUT2D eigenvalue weighted by molar-refractivity contribution is 5.34. The number of nitrogens with two attached hydrogens (primary N) is 6. The normalized spacial score (nSPS) is 10.8. The minimum absolute atomic E-state index is 0.322. The molecule has 0 fully saturated rings. The number of benzene rings is 2. The minimum Gasteiger partial charge on any atom is -0.508 e. The lowest BCUT2D eigenvalue weighted by atomic mass is 10.0. The Morgan fingerprint density at radius 3 is 1.09 bits per heavy atom. The van der Waals surface area contributed by atoms with Crippen molar-refractivity contribution in [3.8, 4) is 5.75 Å². The van der Waals surface area contributed by atoms with Crippen LogP contribution in [0.3, 0.4) is 0 Å². The maximum atomic E-state index is 8.63. The van der Waals surface area contributed by atoms with Gasteiger partial charge in [0.25, 0.3) is 0 Å². The molecule has 0 saturated heterocycles. The fourth-order valence-electron chi connectivity index (χ4n) is 1.71. The highest BCUT2D eigenvalue weighted by atomic mass is 16.3. The molecule has 22 heavy (non-hydrogen) atoms. The highest BCUT2D eigenvalue weighted by Gasteiger charge is 2.10. The van der Waals surface area contributed by atoms with Crippen LogP contribution in [0.15, 0.2) is 48.5 Å². The standard InChI is InChI=1S/C9H18N6.C6H6O/c10-7(11)4-1-5(8(12)13)3-6(2-4)9(14)15;7-6-4-2-1-3-5-6/h1-3,7-9H,10-15H2;1-5,7H. The molecule has 0 amide bonds. The van der Waals surface area contributed by atoms with Crippen LogP contribution in [0.5, 0.6) is 5.75 Å². The van der Waals surface area contributed by atoms with Crippen molar-refractivity contribution in [2.24, 2.45) is 34.4 Å². The van der Waals surface area contributed by atoms with Crippen LogP contribution in [0.25, 0.3) is 0 Å². The van der Waals surface area contributed by atoms with Gasteiger partial charge in [-0.3, -0.25) is 0 Å². The number of aromatic hydroxyl groups is 1. The molecule has 0 radical (unpaired) electrons. The van der Waals surface area contributed by atoms with Gasteiger partial charge in [-0.2, -0.15) is 0 Å². The van der Waals surface area contributed by atoms with Crippen LogP contribution in [0.1, 0.15) is 35.2 Å². The molecule has 2 aromatic rings. The molecular weight excluding hydrogens is 280 g/mol. The first kappa shape index (κ1) is 18.1. The number of hydrogen-bond acceptors (Lipinski definition) is 7. The summed E-state index contributed by atoms with van der Waals surface area (Å²) in [7, 11) is 0. The summed E-state index contributed by atoms with van der Waals surface area (Å²) in [6.45, 7) is 0. The molecule has 0 aliphatic rings. The van der Waals surface area contributed by atoms with E-state index in [9.17, 15) is 0 Å². The third-order valence-corrected chi connectivity index (χ3v) is 2.91. The van der Waals surface area contributed by atoms with Crippen LogP contribution >= 0.6 is 0 Å². The number of para-hydroxylation sites is 1. The van der Waals surface area contributed by atoms with Gasteiger partial charge in [0, 0.05) is 0 Å². The van der Waals surface area contributed by atoms with Crippen molar-refractivity contribution in [3.05, 3.63) is 65.2 Å². The lowest BCUT2D eigenvalue weighted by molar-refractivity contribution is 0.475. The molecule has 13 N–H and O–H groups in total. The average molecular weight is 304 g/mol. The SMILES string of the molecule is NC(N)c1cc(C(N)N)cc(C(N)N)c1.Oc1ccccc1. The van der Waals surface area contributed by atoms with Crippen molar-refractivity contribution >= 4 is 0 Å². The third kappa shape index (κ3) is 5.78. The van der Waals surface area contributed by atoms with Gasteiger partial charge in [0.15, 0.2) is 0 Å². The second kappa shape index (κ2) is 8.44. The van der Waals surface area contributed by atoms with E-state index in [2.05, 4.69) is 0 Å². The summed E-state index contributed by atoms with van der Waals surface area (Å²) in [5.74, 6) is 0.322. The van der Waals surface area contributed by atoms with E-state index in [4.69, 9.17) is 39.5 Å². The number of phenols is 1. The fourth-order valence-corrected chi connectivity index (χ4v) is 1.71. The van der Waals surface area contributed by atoms with E-state index in [1.54, 1.807) is 42.5 Å². The molecule has 2 rings (SSSR count). The van der Waals surface area contributed by atoms with Gasteiger partial charge in [-0.1, -0.05) is 18.2 Å². The summed E-state index contributed by atoms with van der Waals surface area (Å²) < 4.78 is 0. The van der Waals surface area contributed by atoms with Crippen molar-refractivity contribution in [1.29, 1.82) is 0 Å². The molecule has 2 aromatic carbocycles. The molecule has 7 heteroatoms. The zero-order valence-corrected chi connectivity index (χ0v) is 12.3. The van der Waals surface area contributed by atoms with Gasteiger partial charge in [-0.15, -0.1) is 0 Å². The summed E-state index contributed by atoms with van der Waals surface area (Å²) in [6, 6.07) is 14.0. The Morgan fingerprint density at radius 2 is 0.909 bits per heavy atom. The molecule has 0 aromatic heterocycles. The van der Waals surface area contributed by atoms with Gasteiger partial charge in [0.1, 0.15) is 5.75 Å². The van der Waals surface area contributed by atoms with E-state index in [1.165, 1.54) is 0 Å². The first-order valence-electron chi connectivity index (χ1n) is 6.73. The van der Waals surface area contributed by atoms with E-state index in [1.807, 2.05) is 6.07 Å². The minimum atomic E-state index is -0.596. The predicted octanol–water partition coefficient (Wildman–Crippen LogP) is -0.173. The van der Waals surface area contributed by atoms with Gasteiger partial charge >= 0.3 is 0 Å². The first-order chi connectivity index (χ1) is 10.3. The fraction of sp³-hybridized carbons (Fsp3) is 0.200. The number of rotatable bonds is 3. The van der Waals surface area contributed by atoms with Crippen molar-refractivity contribution in [2.75, 3.05) is 0 Å². The smallest absolute Gasteiger partial charge is 0.115 e. The topological polar surface area (TPSA) is 176 Å². The first-order valence-corrected chi connectivity index (χ1v) is 6.73. The molecule has 0 aliphatic heterocycles. The van der Waals surface area contributed by atoms with Crippen molar-refractivity contribution in [2.45, 2.75) is 18.5 Å². The van der Waals surface area contributed by atoms with Gasteiger partial charge < -0.3 is 39.5 Å². The van der Waals surface area contributed by atoms with Crippen LogP contribution in [-0.2, 0) is 0 Å². The lowest BCUT2D eigenvalue weighted by Crippen LogP contribution is -2.26. The Hall–Kier alpha value is -2.00. The molecule has 0 atom stereocenters. The second-order valence-corrected chi connectivity index (χ2v) is 4.85. The third-order valence-electron chi connectivity index (χ3n) is 2.91. The maximum Gasteiger partial charge on any atom is 0.115 e. The van der Waals surface area contributed by atoms with Gasteiger partial charge in [-0.25, -0.2) is 0 Å². The molecule has 120 valence electrons. The molecule has 0 spiro atoms. The lowest BCUT2D eigenvalue weighted by Gasteiger charge is -2.15. The van der Waals surface area contributed by atoms with E-state index < -0.39 is 18.5 Å². The zero-order chi connectivity index (χ0) is 16.7. The summed E-state index contributed by atoms with van der Waals surface area (Å²) >= 11 is 0. The van der Waals surface area contributed by atoms with Crippen LogP contribution in [0.2, 0.25) is 0 Å². The maximum absolute atomic E-state index is 8.63. The van der Waals surface area contributed by atoms with Crippen molar-refractivity contribution in [3.63, 3.8) is 0 Å². The zero-order valence-electron chi connectivity index (χ0n) is 12.3. The largest absolute Gasteiger partial charge is 0.508 e. The molecule has 0 unspecified atom stereocenters. The van der Waals surface area contributed by atoms with Crippen LogP contribution in [-0.4, -0.2) is 5.11 Å². The van der Waals surface area contributed by atoms with E-state index in [0.29, 0.717) is 22.4 Å². The summed E-state index contributed by atoms with van der Waals surface area (Å²) in [5, 5.41) is 8.63. The number of phenolic OH excluding ortho intramolecular Hbond substituents is 1. The van der Waals surface area contributed by atoms with E-state index in [-0.39, 0.29) is 0 Å². The van der Waals surface area contributed by atoms with Gasteiger partial charge in [-0.05, 0) is 47.0 Å². The second-order valence-electron chi connectivity index (χ2n) is 4.85. The predicted molar refractivity (Wildman–Crippen MR) is 87.9 cm³/mol. The Kier molecular flexibility index (Phi) is 6.93. The molecule has 0 heterocycles. The Balaban J connectivity index is 0.000000287. The highest BCUT2D eigenvalue weighted by Crippen LogP contribution is 2.18. The van der Waals surface area contributed by atoms with E-state index >= 15 is 0 Å². The van der Waals surface area contributed by atoms with Crippen LogP contribution < -0.4 is 34.4 Å². The average Bonchev–Trinajstić information content (AvgIpc) is 2.48. The summed E-state index contributed by atoms with van der Waals surface area (Å²) in [6.07, 6.45) is -1.79. The summed E-state index contributed by atoms with van der Waals surface area (Å²) in [5.41, 5.74) is 35.5. The van der Waals surface area contributed by atoms with Crippen molar-refractivity contribution < 1.29 is 5.11 Å². The quantitative estimate of drug-likeness (QED) is 0.385. The van der Waals surface area contributed by atoms with Crippen LogP contribution in [0.4, 0.5) is 0 Å². The Bertz CT molecular complexity index is 507. The monoisotopic (exact) mass is 304 g/mol. The van der Waals surface area contributed by atoms with Crippen molar-refractivity contribution in [1.82, 2.24) is 0 Å².